The largest absolute Gasteiger partial charge is 0.493 e. The highest BCUT2D eigenvalue weighted by atomic mass is 16.5. The molecule has 0 saturated carbocycles. The van der Waals surface area contributed by atoms with E-state index < -0.39 is 0 Å². The number of carbonyl (C=O) groups excluding carboxylic acids is 2. The summed E-state index contributed by atoms with van der Waals surface area (Å²) < 4.78 is 10.5. The van der Waals surface area contributed by atoms with Crippen LogP contribution in [0.25, 0.3) is 11.0 Å². The van der Waals surface area contributed by atoms with E-state index in [1.54, 1.807) is 25.3 Å². The summed E-state index contributed by atoms with van der Waals surface area (Å²) in [4.78, 5) is 35.4. The number of hydrogen-bond acceptors (Lipinski definition) is 5. The zero-order valence-corrected chi connectivity index (χ0v) is 17.9. The number of amides is 1. The van der Waals surface area contributed by atoms with Crippen molar-refractivity contribution in [3.8, 4) is 11.5 Å². The van der Waals surface area contributed by atoms with Crippen LogP contribution in [0.3, 0.4) is 0 Å². The van der Waals surface area contributed by atoms with Gasteiger partial charge in [0.05, 0.1) is 25.3 Å². The van der Waals surface area contributed by atoms with Gasteiger partial charge in [0.15, 0.2) is 17.3 Å². The Labute approximate surface area is 181 Å². The van der Waals surface area contributed by atoms with Gasteiger partial charge in [-0.05, 0) is 43.2 Å². The molecule has 1 amide bonds. The van der Waals surface area contributed by atoms with Crippen LogP contribution in [0, 0.1) is 0 Å². The van der Waals surface area contributed by atoms with Gasteiger partial charge in [-0.3, -0.25) is 9.59 Å². The Bertz CT molecular complexity index is 1060. The number of nitrogens with zero attached hydrogens (tertiary/aromatic N) is 2. The lowest BCUT2D eigenvalue weighted by Crippen LogP contribution is -2.39. The number of fused-ring (bicyclic) bond motifs is 1. The molecule has 0 radical (unpaired) electrons. The Hall–Kier alpha value is -3.35. The molecule has 1 unspecified atom stereocenters. The van der Waals surface area contributed by atoms with Gasteiger partial charge >= 0.3 is 0 Å². The van der Waals surface area contributed by atoms with E-state index >= 15 is 0 Å². The average Bonchev–Trinajstić information content (AvgIpc) is 3.26. The van der Waals surface area contributed by atoms with Gasteiger partial charge in [-0.1, -0.05) is 12.1 Å². The molecule has 1 aliphatic heterocycles. The van der Waals surface area contributed by atoms with E-state index in [1.807, 2.05) is 29.2 Å². The van der Waals surface area contributed by atoms with Crippen molar-refractivity contribution in [1.29, 1.82) is 0 Å². The van der Waals surface area contributed by atoms with Gasteiger partial charge in [0, 0.05) is 37.4 Å². The first-order valence-electron chi connectivity index (χ1n) is 10.6. The number of methoxy groups -OCH3 is 2. The number of hydrogen-bond donors (Lipinski definition) is 1. The number of aromatic nitrogens is 2. The number of H-pyrrole nitrogens is 1. The number of Topliss-reactive ketones (excluding diaryl/α,β-unsaturated/α-hetero) is 1. The third kappa shape index (κ3) is 4.55. The third-order valence-electron chi connectivity index (χ3n) is 5.84. The van der Waals surface area contributed by atoms with Crippen LogP contribution in [0.1, 0.15) is 47.8 Å². The monoisotopic (exact) mass is 421 g/mol. The molecule has 1 atom stereocenters. The number of ketones is 1. The average molecular weight is 421 g/mol. The quantitative estimate of drug-likeness (QED) is 0.584. The Morgan fingerprint density at radius 3 is 2.68 bits per heavy atom. The molecule has 4 rings (SSSR count). The predicted octanol–water partition coefficient (Wildman–Crippen LogP) is 3.95. The molecule has 2 heterocycles. The molecule has 7 heteroatoms. The second kappa shape index (κ2) is 9.20. The minimum Gasteiger partial charge on any atom is -0.493 e. The zero-order valence-electron chi connectivity index (χ0n) is 17.9. The molecule has 2 aromatic carbocycles. The highest BCUT2D eigenvalue weighted by Crippen LogP contribution is 2.29. The Morgan fingerprint density at radius 1 is 1.10 bits per heavy atom. The molecule has 1 saturated heterocycles. The van der Waals surface area contributed by atoms with Crippen molar-refractivity contribution in [2.75, 3.05) is 27.3 Å². The molecule has 3 aromatic rings. The number of rotatable bonds is 7. The van der Waals surface area contributed by atoms with Gasteiger partial charge < -0.3 is 19.4 Å². The normalized spacial score (nSPS) is 16.3. The van der Waals surface area contributed by atoms with Crippen LogP contribution in [-0.4, -0.2) is 53.9 Å². The standard InChI is InChI=1S/C24H27N3O4/c1-30-21-11-9-16(14-22(21)31-2)20(28)10-12-23(29)27-13-5-6-17(15-27)24-25-18-7-3-4-8-19(18)26-24/h3-4,7-9,11,14,17H,5-6,10,12-13,15H2,1-2H3,(H,25,26). The minimum atomic E-state index is -0.0832. The van der Waals surface area contributed by atoms with Gasteiger partial charge in [-0.15, -0.1) is 0 Å². The molecule has 1 aromatic heterocycles. The van der Waals surface area contributed by atoms with Gasteiger partial charge in [-0.2, -0.15) is 0 Å². The highest BCUT2D eigenvalue weighted by molar-refractivity contribution is 5.98. The number of nitrogens with one attached hydrogen (secondary N) is 1. The lowest BCUT2D eigenvalue weighted by atomic mass is 9.96. The molecule has 0 aliphatic carbocycles. The van der Waals surface area contributed by atoms with Crippen molar-refractivity contribution in [2.45, 2.75) is 31.6 Å². The molecule has 31 heavy (non-hydrogen) atoms. The first-order valence-corrected chi connectivity index (χ1v) is 10.6. The summed E-state index contributed by atoms with van der Waals surface area (Å²) in [6.45, 7) is 1.35. The summed E-state index contributed by atoms with van der Waals surface area (Å²) in [6, 6.07) is 13.0. The molecule has 0 bridgehead atoms. The van der Waals surface area contributed by atoms with E-state index in [4.69, 9.17) is 14.5 Å². The van der Waals surface area contributed by atoms with Crippen LogP contribution < -0.4 is 9.47 Å². The molecule has 0 spiro atoms. The first kappa shape index (κ1) is 20.9. The number of para-hydroxylation sites is 2. The zero-order chi connectivity index (χ0) is 21.8. The Morgan fingerprint density at radius 2 is 1.90 bits per heavy atom. The van der Waals surface area contributed by atoms with E-state index in [0.717, 1.165) is 36.2 Å². The van der Waals surface area contributed by atoms with E-state index in [0.29, 0.717) is 23.6 Å². The predicted molar refractivity (Wildman–Crippen MR) is 118 cm³/mol. The number of aromatic amines is 1. The van der Waals surface area contributed by atoms with Crippen LogP contribution in [0.4, 0.5) is 0 Å². The Balaban J connectivity index is 1.36. The summed E-state index contributed by atoms with van der Waals surface area (Å²) >= 11 is 0. The minimum absolute atomic E-state index is 0.00892. The molecule has 162 valence electrons. The fourth-order valence-electron chi connectivity index (χ4n) is 4.13. The fraction of sp³-hybridized carbons (Fsp3) is 0.375. The summed E-state index contributed by atoms with van der Waals surface area (Å²) in [5, 5.41) is 0. The molecular weight excluding hydrogens is 394 g/mol. The molecule has 1 N–H and O–H groups in total. The van der Waals surface area contributed by atoms with Crippen LogP contribution in [0.5, 0.6) is 11.5 Å². The van der Waals surface area contributed by atoms with Gasteiger partial charge in [0.1, 0.15) is 5.82 Å². The van der Waals surface area contributed by atoms with Crippen LogP contribution in [-0.2, 0) is 4.79 Å². The summed E-state index contributed by atoms with van der Waals surface area (Å²) in [5.74, 6) is 2.12. The van der Waals surface area contributed by atoms with Crippen LogP contribution in [0.2, 0.25) is 0 Å². The number of piperidine rings is 1. The van der Waals surface area contributed by atoms with E-state index in [2.05, 4.69) is 4.98 Å². The van der Waals surface area contributed by atoms with Crippen molar-refractivity contribution in [3.05, 3.63) is 53.9 Å². The van der Waals surface area contributed by atoms with Crippen molar-refractivity contribution >= 4 is 22.7 Å². The Kier molecular flexibility index (Phi) is 6.21. The second-order valence-electron chi connectivity index (χ2n) is 7.81. The van der Waals surface area contributed by atoms with Gasteiger partial charge in [0.25, 0.3) is 0 Å². The van der Waals surface area contributed by atoms with E-state index in [1.165, 1.54) is 7.11 Å². The van der Waals surface area contributed by atoms with Crippen LogP contribution in [0.15, 0.2) is 42.5 Å². The van der Waals surface area contributed by atoms with Crippen molar-refractivity contribution in [2.24, 2.45) is 0 Å². The number of carbonyl (C=O) groups is 2. The van der Waals surface area contributed by atoms with Crippen molar-refractivity contribution < 1.29 is 19.1 Å². The summed E-state index contributed by atoms with van der Waals surface area (Å²) in [7, 11) is 3.08. The van der Waals surface area contributed by atoms with Crippen LogP contribution >= 0.6 is 0 Å². The van der Waals surface area contributed by atoms with Crippen molar-refractivity contribution in [3.63, 3.8) is 0 Å². The lowest BCUT2D eigenvalue weighted by Gasteiger charge is -2.32. The first-order chi connectivity index (χ1) is 15.1. The molecular formula is C24H27N3O4. The number of likely N-dealkylation sites (tertiary alicyclic amines) is 1. The second-order valence-corrected chi connectivity index (χ2v) is 7.81. The molecule has 1 aliphatic rings. The number of benzene rings is 2. The molecule has 1 fully saturated rings. The maximum atomic E-state index is 12.8. The SMILES string of the molecule is COc1ccc(C(=O)CCC(=O)N2CCCC(c3nc4ccccc4[nH]3)C2)cc1OC. The maximum absolute atomic E-state index is 12.8. The van der Waals surface area contributed by atoms with Gasteiger partial charge in [-0.25, -0.2) is 4.98 Å². The maximum Gasteiger partial charge on any atom is 0.223 e. The fourth-order valence-corrected chi connectivity index (χ4v) is 4.13. The number of imidazole rings is 1. The van der Waals surface area contributed by atoms with E-state index in [-0.39, 0.29) is 30.4 Å². The highest BCUT2D eigenvalue weighted by Gasteiger charge is 2.27. The number of ether oxygens (including phenoxy) is 2. The third-order valence-corrected chi connectivity index (χ3v) is 5.84. The lowest BCUT2D eigenvalue weighted by molar-refractivity contribution is -0.132. The van der Waals surface area contributed by atoms with Gasteiger partial charge in [0.2, 0.25) is 5.91 Å². The van der Waals surface area contributed by atoms with E-state index in [9.17, 15) is 9.59 Å². The topological polar surface area (TPSA) is 84.5 Å². The summed E-state index contributed by atoms with van der Waals surface area (Å²) in [5.41, 5.74) is 2.48. The molecule has 7 nitrogen and oxygen atoms in total. The smallest absolute Gasteiger partial charge is 0.223 e. The summed E-state index contributed by atoms with van der Waals surface area (Å²) in [6.07, 6.45) is 2.28. The van der Waals surface area contributed by atoms with Crippen molar-refractivity contribution in [1.82, 2.24) is 14.9 Å².